The number of alkyl carbamates (subject to hydrolysis) is 1. The van der Waals surface area contributed by atoms with Gasteiger partial charge in [0.05, 0.1) is 18.8 Å². The maximum Gasteiger partial charge on any atom is 0.407 e. The quantitative estimate of drug-likeness (QED) is 0.423. The van der Waals surface area contributed by atoms with Crippen LogP contribution >= 0.6 is 0 Å². The predicted molar refractivity (Wildman–Crippen MR) is 126 cm³/mol. The first-order valence-corrected chi connectivity index (χ1v) is 11.2. The van der Waals surface area contributed by atoms with E-state index in [1.54, 1.807) is 0 Å². The molecule has 3 aromatic rings. The summed E-state index contributed by atoms with van der Waals surface area (Å²) in [5.74, 6) is -1.54. The number of methoxy groups -OCH3 is 1. The lowest BCUT2D eigenvalue weighted by Crippen LogP contribution is -2.31. The largest absolute Gasteiger partial charge is 0.465 e. The number of aliphatic hydroxyl groups excluding tert-OH is 2. The maximum atomic E-state index is 14.1. The van der Waals surface area contributed by atoms with Crippen LogP contribution in [0.4, 0.5) is 9.18 Å². The number of fused-ring (bicyclic) bond motifs is 3. The molecule has 7 nitrogen and oxygen atoms in total. The molecular formula is C27H26FNO6. The number of rotatable bonds is 8. The number of benzene rings is 3. The number of ether oxygens (including phenoxy) is 2. The third-order valence-electron chi connectivity index (χ3n) is 6.15. The van der Waals surface area contributed by atoms with E-state index in [2.05, 4.69) is 10.1 Å². The van der Waals surface area contributed by atoms with Gasteiger partial charge in [0, 0.05) is 18.0 Å². The van der Waals surface area contributed by atoms with Gasteiger partial charge >= 0.3 is 12.1 Å². The second-order valence-electron chi connectivity index (χ2n) is 8.28. The molecule has 182 valence electrons. The number of esters is 1. The van der Waals surface area contributed by atoms with Gasteiger partial charge < -0.3 is 25.0 Å². The Balaban J connectivity index is 1.30. The lowest BCUT2D eigenvalue weighted by Gasteiger charge is -2.19. The van der Waals surface area contributed by atoms with Crippen LogP contribution in [0.15, 0.2) is 66.7 Å². The van der Waals surface area contributed by atoms with Crippen LogP contribution in [0.25, 0.3) is 11.1 Å². The molecule has 1 aliphatic rings. The highest BCUT2D eigenvalue weighted by atomic mass is 19.1. The Morgan fingerprint density at radius 3 is 2.26 bits per heavy atom. The summed E-state index contributed by atoms with van der Waals surface area (Å²) < 4.78 is 24.2. The fraction of sp³-hybridized carbons (Fsp3) is 0.259. The Bertz CT molecular complexity index is 1180. The van der Waals surface area contributed by atoms with Gasteiger partial charge in [0.25, 0.3) is 0 Å². The molecule has 1 amide bonds. The molecule has 2 unspecified atom stereocenters. The average molecular weight is 480 g/mol. The Hall–Kier alpha value is -3.75. The molecule has 0 heterocycles. The molecular weight excluding hydrogens is 453 g/mol. The predicted octanol–water partition coefficient (Wildman–Crippen LogP) is 3.94. The van der Waals surface area contributed by atoms with Gasteiger partial charge in [-0.05, 0) is 46.9 Å². The third kappa shape index (κ3) is 5.18. The van der Waals surface area contributed by atoms with Crippen molar-refractivity contribution in [1.29, 1.82) is 0 Å². The minimum Gasteiger partial charge on any atom is -0.465 e. The summed E-state index contributed by atoms with van der Waals surface area (Å²) in [6.45, 7) is 0.143. The molecule has 0 saturated carbocycles. The van der Waals surface area contributed by atoms with E-state index in [1.165, 1.54) is 13.2 Å². The van der Waals surface area contributed by atoms with Gasteiger partial charge in [0.2, 0.25) is 0 Å². The number of hydrogen-bond acceptors (Lipinski definition) is 6. The van der Waals surface area contributed by atoms with E-state index in [1.807, 2.05) is 48.5 Å². The zero-order chi connectivity index (χ0) is 24.9. The fourth-order valence-electron chi connectivity index (χ4n) is 4.35. The summed E-state index contributed by atoms with van der Waals surface area (Å²) in [6.07, 6.45) is -3.70. The summed E-state index contributed by atoms with van der Waals surface area (Å²) in [4.78, 5) is 23.9. The van der Waals surface area contributed by atoms with E-state index in [0.29, 0.717) is 0 Å². The van der Waals surface area contributed by atoms with Gasteiger partial charge in [-0.1, -0.05) is 48.5 Å². The van der Waals surface area contributed by atoms with Gasteiger partial charge in [-0.25, -0.2) is 14.0 Å². The highest BCUT2D eigenvalue weighted by molar-refractivity contribution is 5.89. The summed E-state index contributed by atoms with van der Waals surface area (Å²) in [5, 5.41) is 23.2. The van der Waals surface area contributed by atoms with Crippen LogP contribution in [0.1, 0.15) is 45.5 Å². The van der Waals surface area contributed by atoms with Crippen molar-refractivity contribution in [2.24, 2.45) is 0 Å². The Kier molecular flexibility index (Phi) is 7.43. The van der Waals surface area contributed by atoms with E-state index in [-0.39, 0.29) is 36.6 Å². The number of amides is 1. The molecule has 0 aromatic heterocycles. The lowest BCUT2D eigenvalue weighted by molar-refractivity contribution is 0.0115. The zero-order valence-corrected chi connectivity index (χ0v) is 19.1. The van der Waals surface area contributed by atoms with Gasteiger partial charge in [-0.3, -0.25) is 0 Å². The molecule has 0 spiro atoms. The van der Waals surface area contributed by atoms with Crippen molar-refractivity contribution in [3.63, 3.8) is 0 Å². The third-order valence-corrected chi connectivity index (χ3v) is 6.15. The van der Waals surface area contributed by atoms with Crippen LogP contribution < -0.4 is 5.32 Å². The molecule has 35 heavy (non-hydrogen) atoms. The van der Waals surface area contributed by atoms with Crippen molar-refractivity contribution in [2.45, 2.75) is 24.5 Å². The Morgan fingerprint density at radius 1 is 1.00 bits per heavy atom. The van der Waals surface area contributed by atoms with Crippen LogP contribution in [0.5, 0.6) is 0 Å². The molecule has 3 N–H and O–H groups in total. The van der Waals surface area contributed by atoms with Crippen molar-refractivity contribution in [3.8, 4) is 11.1 Å². The van der Waals surface area contributed by atoms with Crippen LogP contribution in [-0.4, -0.2) is 48.6 Å². The first-order valence-electron chi connectivity index (χ1n) is 11.2. The second kappa shape index (κ2) is 10.7. The van der Waals surface area contributed by atoms with Crippen LogP contribution in [0.2, 0.25) is 0 Å². The van der Waals surface area contributed by atoms with Crippen molar-refractivity contribution < 1.29 is 33.7 Å². The first kappa shape index (κ1) is 24.4. The number of carbonyl (C=O) groups is 2. The summed E-state index contributed by atoms with van der Waals surface area (Å²) in [7, 11) is 1.19. The number of hydrogen-bond donors (Lipinski definition) is 3. The minimum atomic E-state index is -1.59. The summed E-state index contributed by atoms with van der Waals surface area (Å²) in [6, 6.07) is 19.4. The highest BCUT2D eigenvalue weighted by Crippen LogP contribution is 2.44. The molecule has 8 heteroatoms. The molecule has 2 atom stereocenters. The van der Waals surface area contributed by atoms with Gasteiger partial charge in [0.15, 0.2) is 0 Å². The molecule has 0 bridgehead atoms. The van der Waals surface area contributed by atoms with E-state index < -0.39 is 30.1 Å². The number of aliphatic hydroxyl groups is 2. The van der Waals surface area contributed by atoms with Gasteiger partial charge in [-0.15, -0.1) is 0 Å². The average Bonchev–Trinajstić information content (AvgIpc) is 3.20. The van der Waals surface area contributed by atoms with E-state index >= 15 is 0 Å². The van der Waals surface area contributed by atoms with Crippen molar-refractivity contribution in [3.05, 3.63) is 94.8 Å². The number of nitrogens with one attached hydrogen (secondary N) is 1. The van der Waals surface area contributed by atoms with E-state index in [9.17, 15) is 24.2 Å². The molecule has 0 saturated heterocycles. The van der Waals surface area contributed by atoms with Crippen LogP contribution in [-0.2, 0) is 9.47 Å². The number of halogens is 1. The molecule has 0 aliphatic heterocycles. The van der Waals surface area contributed by atoms with Crippen LogP contribution in [0.3, 0.4) is 0 Å². The van der Waals surface area contributed by atoms with Crippen LogP contribution in [0, 0.1) is 5.82 Å². The van der Waals surface area contributed by atoms with Gasteiger partial charge in [0.1, 0.15) is 18.5 Å². The number of carbonyl (C=O) groups excluding carboxylic acids is 2. The Morgan fingerprint density at radius 2 is 1.63 bits per heavy atom. The SMILES string of the molecule is COC(=O)c1ccc(F)c(C(O)C(O)CCNC(=O)OCC2c3ccccc3-c3ccccc32)c1. The second-order valence-corrected chi connectivity index (χ2v) is 8.28. The highest BCUT2D eigenvalue weighted by Gasteiger charge is 2.29. The van der Waals surface area contributed by atoms with Gasteiger partial charge in [-0.2, -0.15) is 0 Å². The Labute approximate surface area is 202 Å². The fourth-order valence-corrected chi connectivity index (χ4v) is 4.35. The van der Waals surface area contributed by atoms with Crippen molar-refractivity contribution in [1.82, 2.24) is 5.32 Å². The smallest absolute Gasteiger partial charge is 0.407 e. The molecule has 0 fully saturated rings. The molecule has 1 aliphatic carbocycles. The first-order chi connectivity index (χ1) is 16.9. The molecule has 4 rings (SSSR count). The maximum absolute atomic E-state index is 14.1. The lowest BCUT2D eigenvalue weighted by atomic mass is 9.98. The normalized spacial score (nSPS) is 13.9. The van der Waals surface area contributed by atoms with E-state index in [4.69, 9.17) is 4.74 Å². The zero-order valence-electron chi connectivity index (χ0n) is 19.1. The molecule has 3 aromatic carbocycles. The summed E-state index contributed by atoms with van der Waals surface area (Å²) in [5.41, 5.74) is 4.25. The monoisotopic (exact) mass is 479 g/mol. The molecule has 0 radical (unpaired) electrons. The van der Waals surface area contributed by atoms with Crippen molar-refractivity contribution in [2.75, 3.05) is 20.3 Å². The standard InChI is InChI=1S/C27H26FNO6/c1-34-26(32)16-10-11-23(28)21(14-16)25(31)24(30)12-13-29-27(33)35-15-22-19-8-4-2-6-17(19)18-7-3-5-9-20(18)22/h2-11,14,22,24-25,30-31H,12-13,15H2,1H3,(H,29,33). The van der Waals surface area contributed by atoms with E-state index in [0.717, 1.165) is 34.4 Å². The topological polar surface area (TPSA) is 105 Å². The van der Waals surface area contributed by atoms with Crippen molar-refractivity contribution >= 4 is 12.1 Å². The minimum absolute atomic E-state index is 0.00673. The summed E-state index contributed by atoms with van der Waals surface area (Å²) >= 11 is 0.